The highest BCUT2D eigenvalue weighted by Crippen LogP contribution is 2.44. The van der Waals surface area contributed by atoms with Crippen molar-refractivity contribution in [2.45, 2.75) is 31.7 Å². The van der Waals surface area contributed by atoms with Gasteiger partial charge in [0, 0.05) is 32.0 Å². The Hall–Kier alpha value is -4.08. The summed E-state index contributed by atoms with van der Waals surface area (Å²) in [7, 11) is 0. The van der Waals surface area contributed by atoms with E-state index >= 15 is 0 Å². The number of carbonyl (C=O) groups excluding carboxylic acids is 3. The fourth-order valence-corrected chi connectivity index (χ4v) is 4.03. The number of carboxylic acids is 1. The minimum absolute atomic E-state index is 0.0730. The van der Waals surface area contributed by atoms with Crippen molar-refractivity contribution >= 4 is 24.0 Å². The molecule has 2 aromatic carbocycles. The predicted molar refractivity (Wildman–Crippen MR) is 129 cm³/mol. The van der Waals surface area contributed by atoms with Gasteiger partial charge >= 0.3 is 18.1 Å². The Labute approximate surface area is 203 Å². The monoisotopic (exact) mass is 482 g/mol. The maximum Gasteiger partial charge on any atom is 0.407 e. The summed E-state index contributed by atoms with van der Waals surface area (Å²) >= 11 is 0. The molecular formula is C25H30N4O6. The van der Waals surface area contributed by atoms with E-state index in [0.717, 1.165) is 22.3 Å². The van der Waals surface area contributed by atoms with E-state index in [-0.39, 0.29) is 44.5 Å². The summed E-state index contributed by atoms with van der Waals surface area (Å²) in [6, 6.07) is 14.4. The van der Waals surface area contributed by atoms with Gasteiger partial charge in [0.2, 0.25) is 5.91 Å². The second-order valence-electron chi connectivity index (χ2n) is 8.03. The lowest BCUT2D eigenvalue weighted by Gasteiger charge is -2.19. The topological polar surface area (TPSA) is 146 Å². The molecule has 0 aliphatic heterocycles. The molecule has 0 bridgehead atoms. The summed E-state index contributed by atoms with van der Waals surface area (Å²) in [6.45, 7) is 2.62. The Morgan fingerprint density at radius 3 is 2.11 bits per heavy atom. The standard InChI is InChI=1S/C25H30N4O6/c1-2-26-24(33)28-14-13-27-23(32)21(11-12-22(30)31)29-25(34)35-15-20-18-9-5-3-7-16(18)17-8-4-6-10-19(17)20/h3-10,20-21H,2,11-15H2,1H3,(H,27,32)(H,29,34)(H,30,31)(H2,26,28,33). The molecule has 1 aliphatic carbocycles. The Morgan fingerprint density at radius 2 is 1.51 bits per heavy atom. The van der Waals surface area contributed by atoms with Gasteiger partial charge in [-0.25, -0.2) is 9.59 Å². The predicted octanol–water partition coefficient (Wildman–Crippen LogP) is 2.19. The highest BCUT2D eigenvalue weighted by atomic mass is 16.5. The molecule has 0 fully saturated rings. The number of hydrogen-bond acceptors (Lipinski definition) is 5. The van der Waals surface area contributed by atoms with Crippen LogP contribution < -0.4 is 21.3 Å². The minimum Gasteiger partial charge on any atom is -0.481 e. The van der Waals surface area contributed by atoms with Crippen LogP contribution in [0, 0.1) is 0 Å². The van der Waals surface area contributed by atoms with Gasteiger partial charge in [-0.05, 0) is 35.6 Å². The minimum atomic E-state index is -1.09. The summed E-state index contributed by atoms with van der Waals surface area (Å²) in [5, 5.41) is 19.2. The van der Waals surface area contributed by atoms with Crippen LogP contribution in [-0.4, -0.2) is 61.4 Å². The van der Waals surface area contributed by atoms with E-state index in [0.29, 0.717) is 6.54 Å². The summed E-state index contributed by atoms with van der Waals surface area (Å²) < 4.78 is 5.47. The quantitative estimate of drug-likeness (QED) is 0.310. The normalized spacial score (nSPS) is 12.6. The third-order valence-corrected chi connectivity index (χ3v) is 5.65. The summed E-state index contributed by atoms with van der Waals surface area (Å²) in [5.74, 6) is -1.78. The molecule has 0 aromatic heterocycles. The van der Waals surface area contributed by atoms with Gasteiger partial charge in [0.25, 0.3) is 0 Å². The molecule has 0 saturated carbocycles. The summed E-state index contributed by atoms with van der Waals surface area (Å²) in [5.41, 5.74) is 4.30. The molecular weight excluding hydrogens is 452 g/mol. The Morgan fingerprint density at radius 1 is 0.914 bits per heavy atom. The van der Waals surface area contributed by atoms with Gasteiger partial charge in [0.05, 0.1) is 0 Å². The number of aliphatic carboxylic acids is 1. The van der Waals surface area contributed by atoms with Crippen molar-refractivity contribution < 1.29 is 29.0 Å². The maximum atomic E-state index is 12.5. The number of benzene rings is 2. The highest BCUT2D eigenvalue weighted by Gasteiger charge is 2.30. The zero-order valence-corrected chi connectivity index (χ0v) is 19.5. The molecule has 0 saturated heterocycles. The number of carbonyl (C=O) groups is 4. The van der Waals surface area contributed by atoms with Gasteiger partial charge in [-0.1, -0.05) is 48.5 Å². The van der Waals surface area contributed by atoms with Crippen LogP contribution in [0.5, 0.6) is 0 Å². The van der Waals surface area contributed by atoms with Crippen molar-refractivity contribution in [3.63, 3.8) is 0 Å². The second-order valence-corrected chi connectivity index (χ2v) is 8.03. The van der Waals surface area contributed by atoms with Crippen molar-refractivity contribution in [3.8, 4) is 11.1 Å². The number of rotatable bonds is 11. The van der Waals surface area contributed by atoms with Gasteiger partial charge < -0.3 is 31.1 Å². The maximum absolute atomic E-state index is 12.5. The van der Waals surface area contributed by atoms with Gasteiger partial charge in [0.15, 0.2) is 0 Å². The molecule has 2 aromatic rings. The zero-order chi connectivity index (χ0) is 25.2. The molecule has 0 radical (unpaired) electrons. The molecule has 0 heterocycles. The molecule has 10 nitrogen and oxygen atoms in total. The average Bonchev–Trinajstić information content (AvgIpc) is 3.16. The first-order valence-electron chi connectivity index (χ1n) is 11.5. The highest BCUT2D eigenvalue weighted by molar-refractivity contribution is 5.86. The largest absolute Gasteiger partial charge is 0.481 e. The molecule has 10 heteroatoms. The van der Waals surface area contributed by atoms with Crippen molar-refractivity contribution in [2.75, 3.05) is 26.2 Å². The van der Waals surface area contributed by atoms with Crippen LogP contribution in [0.1, 0.15) is 36.8 Å². The third-order valence-electron chi connectivity index (χ3n) is 5.65. The van der Waals surface area contributed by atoms with Crippen LogP contribution in [0.3, 0.4) is 0 Å². The van der Waals surface area contributed by atoms with Gasteiger partial charge in [-0.15, -0.1) is 0 Å². The van der Waals surface area contributed by atoms with Gasteiger partial charge in [-0.3, -0.25) is 9.59 Å². The fraction of sp³-hybridized carbons (Fsp3) is 0.360. The Kier molecular flexibility index (Phi) is 9.05. The van der Waals surface area contributed by atoms with E-state index in [1.165, 1.54) is 0 Å². The van der Waals surface area contributed by atoms with Crippen LogP contribution in [-0.2, 0) is 14.3 Å². The number of alkyl carbamates (subject to hydrolysis) is 1. The van der Waals surface area contributed by atoms with E-state index in [1.54, 1.807) is 6.92 Å². The summed E-state index contributed by atoms with van der Waals surface area (Å²) in [4.78, 5) is 47.5. The van der Waals surface area contributed by atoms with Crippen molar-refractivity contribution in [2.24, 2.45) is 0 Å². The molecule has 1 atom stereocenters. The number of carboxylic acid groups (broad SMARTS) is 1. The molecule has 1 unspecified atom stereocenters. The van der Waals surface area contributed by atoms with Crippen molar-refractivity contribution in [1.82, 2.24) is 21.3 Å². The van der Waals surface area contributed by atoms with Crippen LogP contribution in [0.4, 0.5) is 9.59 Å². The number of fused-ring (bicyclic) bond motifs is 3. The van der Waals surface area contributed by atoms with Crippen molar-refractivity contribution in [1.29, 1.82) is 0 Å². The molecule has 3 rings (SSSR count). The van der Waals surface area contributed by atoms with Crippen LogP contribution >= 0.6 is 0 Å². The van der Waals surface area contributed by atoms with E-state index in [4.69, 9.17) is 9.84 Å². The first-order valence-corrected chi connectivity index (χ1v) is 11.5. The molecule has 186 valence electrons. The fourth-order valence-electron chi connectivity index (χ4n) is 4.03. The van der Waals surface area contributed by atoms with E-state index in [1.807, 2.05) is 48.5 Å². The lowest BCUT2D eigenvalue weighted by molar-refractivity contribution is -0.137. The van der Waals surface area contributed by atoms with Crippen LogP contribution in [0.15, 0.2) is 48.5 Å². The molecule has 0 spiro atoms. The number of urea groups is 1. The van der Waals surface area contributed by atoms with Crippen molar-refractivity contribution in [3.05, 3.63) is 59.7 Å². The Bertz CT molecular complexity index is 1030. The van der Waals surface area contributed by atoms with Gasteiger partial charge in [-0.2, -0.15) is 0 Å². The molecule has 5 N–H and O–H groups in total. The summed E-state index contributed by atoms with van der Waals surface area (Å²) in [6.07, 6.45) is -1.22. The lowest BCUT2D eigenvalue weighted by Crippen LogP contribution is -2.49. The van der Waals surface area contributed by atoms with E-state index < -0.39 is 24.0 Å². The SMILES string of the molecule is CCNC(=O)NCCNC(=O)C(CCC(=O)O)NC(=O)OCC1c2ccccc2-c2ccccc21. The lowest BCUT2D eigenvalue weighted by atomic mass is 9.98. The molecule has 1 aliphatic rings. The first-order chi connectivity index (χ1) is 16.9. The van der Waals surface area contributed by atoms with Gasteiger partial charge in [0.1, 0.15) is 12.6 Å². The number of hydrogen-bond donors (Lipinski definition) is 5. The average molecular weight is 483 g/mol. The Balaban J connectivity index is 1.56. The molecule has 35 heavy (non-hydrogen) atoms. The number of amides is 4. The second kappa shape index (κ2) is 12.4. The van der Waals surface area contributed by atoms with E-state index in [2.05, 4.69) is 21.3 Å². The van der Waals surface area contributed by atoms with Crippen LogP contribution in [0.2, 0.25) is 0 Å². The van der Waals surface area contributed by atoms with E-state index in [9.17, 15) is 19.2 Å². The first kappa shape index (κ1) is 25.5. The molecule has 4 amide bonds. The van der Waals surface area contributed by atoms with Crippen LogP contribution in [0.25, 0.3) is 11.1 Å². The zero-order valence-electron chi connectivity index (χ0n) is 19.5. The number of nitrogens with one attached hydrogen (secondary N) is 4. The smallest absolute Gasteiger partial charge is 0.407 e. The third kappa shape index (κ3) is 6.95. The number of ether oxygens (including phenoxy) is 1.